The summed E-state index contributed by atoms with van der Waals surface area (Å²) in [5.74, 6) is -0.473. The number of hydrogen-bond donors (Lipinski definition) is 2. The highest BCUT2D eigenvalue weighted by Crippen LogP contribution is 2.21. The van der Waals surface area contributed by atoms with Gasteiger partial charge in [0.25, 0.3) is 0 Å². The minimum Gasteiger partial charge on any atom is -0.434 e. The Balaban J connectivity index is 1.97. The summed E-state index contributed by atoms with van der Waals surface area (Å²) in [4.78, 5) is 11.9. The Morgan fingerprint density at radius 2 is 1.93 bits per heavy atom. The Labute approximate surface area is 155 Å². The van der Waals surface area contributed by atoms with Gasteiger partial charge in [-0.2, -0.15) is 8.78 Å². The molecule has 0 heterocycles. The molecule has 2 rings (SSSR count). The number of rotatable bonds is 8. The van der Waals surface area contributed by atoms with Gasteiger partial charge < -0.3 is 10.1 Å². The molecule has 2 aromatic rings. The fourth-order valence-electron chi connectivity index (χ4n) is 2.19. The summed E-state index contributed by atoms with van der Waals surface area (Å²) >= 11 is 0. The predicted molar refractivity (Wildman–Crippen MR) is 98.9 cm³/mol. The van der Waals surface area contributed by atoms with Gasteiger partial charge >= 0.3 is 6.61 Å². The van der Waals surface area contributed by atoms with Crippen LogP contribution >= 0.6 is 0 Å². The number of amides is 1. The molecule has 2 aromatic carbocycles. The van der Waals surface area contributed by atoms with E-state index in [-0.39, 0.29) is 12.3 Å². The predicted octanol–water partition coefficient (Wildman–Crippen LogP) is 2.99. The van der Waals surface area contributed by atoms with Gasteiger partial charge in [0.2, 0.25) is 15.9 Å². The molecule has 0 atom stereocenters. The Morgan fingerprint density at radius 1 is 1.19 bits per heavy atom. The van der Waals surface area contributed by atoms with Gasteiger partial charge in [0.15, 0.2) is 0 Å². The zero-order valence-electron chi connectivity index (χ0n) is 14.4. The van der Waals surface area contributed by atoms with Crippen molar-refractivity contribution in [1.29, 1.82) is 0 Å². The molecule has 144 valence electrons. The first-order valence-electron chi connectivity index (χ1n) is 7.79. The smallest absolute Gasteiger partial charge is 0.387 e. The topological polar surface area (TPSA) is 84.5 Å². The number of alkyl halides is 2. The van der Waals surface area contributed by atoms with Crippen LogP contribution in [0.3, 0.4) is 0 Å². The number of ether oxygens (including phenoxy) is 1. The largest absolute Gasteiger partial charge is 0.434 e. The number of nitrogens with one attached hydrogen (secondary N) is 2. The van der Waals surface area contributed by atoms with Crippen LogP contribution in [0, 0.1) is 0 Å². The fourth-order valence-corrected chi connectivity index (χ4v) is 2.75. The lowest BCUT2D eigenvalue weighted by Gasteiger charge is -2.08. The third-order valence-corrected chi connectivity index (χ3v) is 3.85. The Morgan fingerprint density at radius 3 is 2.63 bits per heavy atom. The second kappa shape index (κ2) is 9.13. The van der Waals surface area contributed by atoms with Crippen LogP contribution in [0.15, 0.2) is 54.6 Å². The number of carbonyl (C=O) groups excluding carboxylic acids is 1. The highest BCUT2D eigenvalue weighted by molar-refractivity contribution is 7.92. The molecule has 0 fully saturated rings. The van der Waals surface area contributed by atoms with Gasteiger partial charge in [-0.15, -0.1) is 0 Å². The highest BCUT2D eigenvalue weighted by atomic mass is 32.2. The molecule has 9 heteroatoms. The number of sulfonamides is 1. The fraction of sp³-hybridized carbons (Fsp3) is 0.167. The monoisotopic (exact) mass is 396 g/mol. The van der Waals surface area contributed by atoms with Crippen LogP contribution in [0.5, 0.6) is 5.75 Å². The van der Waals surface area contributed by atoms with Gasteiger partial charge in [-0.25, -0.2) is 8.42 Å². The summed E-state index contributed by atoms with van der Waals surface area (Å²) in [6, 6.07) is 12.7. The van der Waals surface area contributed by atoms with Gasteiger partial charge in [0.05, 0.1) is 6.26 Å². The lowest BCUT2D eigenvalue weighted by molar-refractivity contribution is -0.116. The van der Waals surface area contributed by atoms with Crippen LogP contribution in [0.1, 0.15) is 11.1 Å². The summed E-state index contributed by atoms with van der Waals surface area (Å²) in [6.45, 7) is -2.79. The average molecular weight is 396 g/mol. The number of anilines is 1. The van der Waals surface area contributed by atoms with Crippen LogP contribution in [0.4, 0.5) is 14.5 Å². The quantitative estimate of drug-likeness (QED) is 0.672. The molecule has 0 aliphatic carbocycles. The maximum atomic E-state index is 12.4. The van der Waals surface area contributed by atoms with Gasteiger partial charge in [0, 0.05) is 23.9 Å². The maximum Gasteiger partial charge on any atom is 0.387 e. The summed E-state index contributed by atoms with van der Waals surface area (Å²) in [6.07, 6.45) is 3.61. The van der Waals surface area contributed by atoms with Crippen molar-refractivity contribution in [2.24, 2.45) is 0 Å². The van der Waals surface area contributed by atoms with Crippen LogP contribution in [-0.4, -0.2) is 27.2 Å². The Hall–Kier alpha value is -2.94. The van der Waals surface area contributed by atoms with E-state index >= 15 is 0 Å². The molecule has 0 saturated carbocycles. The van der Waals surface area contributed by atoms with Crippen molar-refractivity contribution in [3.8, 4) is 5.75 Å². The standard InChI is InChI=1S/C18H18F2N2O4S/c1-27(24,25)22-15-7-4-5-13(11-15)12-21-17(23)10-9-14-6-2-3-8-16(14)26-18(19)20/h2-11,18,22H,12H2,1H3,(H,21,23)/b10-9+. The zero-order valence-corrected chi connectivity index (χ0v) is 15.2. The van der Waals surface area contributed by atoms with Gasteiger partial charge in [-0.1, -0.05) is 30.3 Å². The number of halogens is 2. The van der Waals surface area contributed by atoms with Gasteiger partial charge in [0.1, 0.15) is 5.75 Å². The van der Waals surface area contributed by atoms with Gasteiger partial charge in [-0.3, -0.25) is 9.52 Å². The molecule has 2 N–H and O–H groups in total. The third-order valence-electron chi connectivity index (χ3n) is 3.25. The van der Waals surface area contributed by atoms with Crippen molar-refractivity contribution < 1.29 is 26.7 Å². The van der Waals surface area contributed by atoms with E-state index in [0.717, 1.165) is 6.26 Å². The van der Waals surface area contributed by atoms with E-state index in [4.69, 9.17) is 0 Å². The van der Waals surface area contributed by atoms with Crippen molar-refractivity contribution >= 4 is 27.7 Å². The van der Waals surface area contributed by atoms with Crippen molar-refractivity contribution in [1.82, 2.24) is 5.32 Å². The van der Waals surface area contributed by atoms with E-state index in [0.29, 0.717) is 16.8 Å². The summed E-state index contributed by atoms with van der Waals surface area (Å²) in [7, 11) is -3.39. The lowest BCUT2D eigenvalue weighted by Crippen LogP contribution is -2.20. The zero-order chi connectivity index (χ0) is 19.9. The minimum atomic E-state index is -3.39. The summed E-state index contributed by atoms with van der Waals surface area (Å²) in [5, 5.41) is 2.63. The van der Waals surface area contributed by atoms with E-state index in [2.05, 4.69) is 14.8 Å². The first-order chi connectivity index (χ1) is 12.7. The molecule has 0 spiro atoms. The highest BCUT2D eigenvalue weighted by Gasteiger charge is 2.07. The minimum absolute atomic E-state index is 0.0314. The van der Waals surface area contributed by atoms with E-state index in [1.165, 1.54) is 18.2 Å². The van der Waals surface area contributed by atoms with E-state index < -0.39 is 22.5 Å². The third kappa shape index (κ3) is 7.45. The van der Waals surface area contributed by atoms with Crippen LogP contribution in [0.25, 0.3) is 6.08 Å². The first kappa shape index (κ1) is 20.4. The molecular weight excluding hydrogens is 378 g/mol. The van der Waals surface area contributed by atoms with Gasteiger partial charge in [-0.05, 0) is 29.8 Å². The van der Waals surface area contributed by atoms with Crippen molar-refractivity contribution in [2.45, 2.75) is 13.2 Å². The number of carbonyl (C=O) groups is 1. The summed E-state index contributed by atoms with van der Waals surface area (Å²) in [5.41, 5.74) is 1.41. The Bertz CT molecular complexity index is 930. The second-order valence-corrected chi connectivity index (χ2v) is 7.29. The molecule has 0 aliphatic rings. The average Bonchev–Trinajstić information content (AvgIpc) is 2.57. The van der Waals surface area contributed by atoms with Crippen molar-refractivity contribution in [3.05, 3.63) is 65.7 Å². The molecule has 0 aromatic heterocycles. The van der Waals surface area contributed by atoms with Crippen molar-refractivity contribution in [3.63, 3.8) is 0 Å². The molecule has 6 nitrogen and oxygen atoms in total. The normalized spacial score (nSPS) is 11.6. The molecule has 0 aliphatic heterocycles. The Kier molecular flexibility index (Phi) is 6.89. The molecule has 0 bridgehead atoms. The SMILES string of the molecule is CS(=O)(=O)Nc1cccc(CNC(=O)/C=C/c2ccccc2OC(F)F)c1. The molecule has 0 unspecified atom stereocenters. The second-order valence-electron chi connectivity index (χ2n) is 5.54. The van der Waals surface area contributed by atoms with E-state index in [9.17, 15) is 22.0 Å². The molecular formula is C18H18F2N2O4S. The lowest BCUT2D eigenvalue weighted by atomic mass is 10.2. The molecule has 0 saturated heterocycles. The van der Waals surface area contributed by atoms with E-state index in [1.807, 2.05) is 0 Å². The number of para-hydroxylation sites is 1. The summed E-state index contributed by atoms with van der Waals surface area (Å²) < 4.78 is 54.0. The number of benzene rings is 2. The maximum absolute atomic E-state index is 12.4. The molecule has 1 amide bonds. The molecule has 27 heavy (non-hydrogen) atoms. The van der Waals surface area contributed by atoms with Crippen LogP contribution in [-0.2, 0) is 21.4 Å². The number of hydrogen-bond acceptors (Lipinski definition) is 4. The van der Waals surface area contributed by atoms with Crippen LogP contribution in [0.2, 0.25) is 0 Å². The molecule has 0 radical (unpaired) electrons. The van der Waals surface area contributed by atoms with Crippen LogP contribution < -0.4 is 14.8 Å². The van der Waals surface area contributed by atoms with Crippen molar-refractivity contribution in [2.75, 3.05) is 11.0 Å². The first-order valence-corrected chi connectivity index (χ1v) is 9.68. The van der Waals surface area contributed by atoms with E-state index in [1.54, 1.807) is 42.5 Å².